The predicted molar refractivity (Wildman–Crippen MR) is 70.4 cm³/mol. The van der Waals surface area contributed by atoms with Gasteiger partial charge in [0, 0.05) is 18.9 Å². The molecule has 3 N–H and O–H groups in total. The summed E-state index contributed by atoms with van der Waals surface area (Å²) in [5.74, 6) is -0.125. The highest BCUT2D eigenvalue weighted by Gasteiger charge is 2.34. The largest absolute Gasteiger partial charge is 0.392 e. The SMILES string of the molecule is CCC(C)(C(=O)NCCn1cccn1)C(N)=S. The van der Waals surface area contributed by atoms with E-state index in [2.05, 4.69) is 10.4 Å². The molecule has 0 saturated heterocycles. The van der Waals surface area contributed by atoms with Crippen LogP contribution in [0.1, 0.15) is 20.3 Å². The third-order valence-corrected chi connectivity index (χ3v) is 3.39. The Balaban J connectivity index is 2.46. The number of hydrogen-bond acceptors (Lipinski definition) is 3. The number of nitrogens with one attached hydrogen (secondary N) is 1. The van der Waals surface area contributed by atoms with Gasteiger partial charge in [-0.2, -0.15) is 5.10 Å². The van der Waals surface area contributed by atoms with Gasteiger partial charge in [-0.3, -0.25) is 9.48 Å². The third kappa shape index (κ3) is 3.26. The van der Waals surface area contributed by atoms with Crippen molar-refractivity contribution in [3.05, 3.63) is 18.5 Å². The van der Waals surface area contributed by atoms with Gasteiger partial charge in [-0.15, -0.1) is 0 Å². The fourth-order valence-corrected chi connectivity index (χ4v) is 1.60. The first-order valence-electron chi connectivity index (χ1n) is 5.56. The van der Waals surface area contributed by atoms with Crippen LogP contribution in [0.25, 0.3) is 0 Å². The molecule has 17 heavy (non-hydrogen) atoms. The molecule has 6 heteroatoms. The number of hydrogen-bond donors (Lipinski definition) is 2. The van der Waals surface area contributed by atoms with Crippen molar-refractivity contribution < 1.29 is 4.79 Å². The van der Waals surface area contributed by atoms with Crippen LogP contribution in [0.2, 0.25) is 0 Å². The normalized spacial score (nSPS) is 14.0. The van der Waals surface area contributed by atoms with Crippen molar-refractivity contribution in [3.63, 3.8) is 0 Å². The van der Waals surface area contributed by atoms with Gasteiger partial charge in [-0.1, -0.05) is 19.1 Å². The van der Waals surface area contributed by atoms with Gasteiger partial charge in [-0.25, -0.2) is 0 Å². The first-order chi connectivity index (χ1) is 8.00. The second kappa shape index (κ2) is 5.77. The fraction of sp³-hybridized carbons (Fsp3) is 0.545. The molecule has 94 valence electrons. The molecule has 0 spiro atoms. The first kappa shape index (κ1) is 13.6. The molecule has 0 aromatic carbocycles. The maximum absolute atomic E-state index is 12.0. The molecule has 0 aliphatic carbocycles. The Morgan fingerprint density at radius 3 is 2.82 bits per heavy atom. The Morgan fingerprint density at radius 1 is 1.65 bits per heavy atom. The number of carbonyl (C=O) groups excluding carboxylic acids is 1. The summed E-state index contributed by atoms with van der Waals surface area (Å²) >= 11 is 4.94. The molecule has 1 atom stereocenters. The standard InChI is InChI=1S/C11H18N4OS/c1-3-11(2,9(12)17)10(16)13-6-8-15-7-4-5-14-15/h4-5,7H,3,6,8H2,1-2H3,(H2,12,17)(H,13,16). The zero-order valence-corrected chi connectivity index (χ0v) is 11.0. The quantitative estimate of drug-likeness (QED) is 0.733. The number of thiocarbonyl (C=S) groups is 1. The molecule has 1 rings (SSSR count). The van der Waals surface area contributed by atoms with Crippen LogP contribution in [0.15, 0.2) is 18.5 Å². The smallest absolute Gasteiger partial charge is 0.232 e. The maximum atomic E-state index is 12.0. The lowest BCUT2D eigenvalue weighted by molar-refractivity contribution is -0.127. The van der Waals surface area contributed by atoms with Crippen LogP contribution >= 0.6 is 12.2 Å². The molecular formula is C11H18N4OS. The summed E-state index contributed by atoms with van der Waals surface area (Å²) in [7, 11) is 0. The zero-order valence-electron chi connectivity index (χ0n) is 10.1. The summed E-state index contributed by atoms with van der Waals surface area (Å²) < 4.78 is 1.75. The highest BCUT2D eigenvalue weighted by molar-refractivity contribution is 7.80. The van der Waals surface area contributed by atoms with Gasteiger partial charge in [0.1, 0.15) is 0 Å². The first-order valence-corrected chi connectivity index (χ1v) is 5.97. The minimum atomic E-state index is -0.764. The zero-order chi connectivity index (χ0) is 12.9. The second-order valence-electron chi connectivity index (χ2n) is 4.07. The second-order valence-corrected chi connectivity index (χ2v) is 4.51. The average Bonchev–Trinajstić information content (AvgIpc) is 2.80. The minimum Gasteiger partial charge on any atom is -0.392 e. The van der Waals surface area contributed by atoms with Crippen LogP contribution in [-0.2, 0) is 11.3 Å². The van der Waals surface area contributed by atoms with E-state index in [4.69, 9.17) is 18.0 Å². The summed E-state index contributed by atoms with van der Waals surface area (Å²) in [6.07, 6.45) is 4.14. The van der Waals surface area contributed by atoms with Crippen LogP contribution in [0.3, 0.4) is 0 Å². The summed E-state index contributed by atoms with van der Waals surface area (Å²) in [4.78, 5) is 12.2. The molecule has 1 heterocycles. The van der Waals surface area contributed by atoms with Crippen LogP contribution in [0, 0.1) is 5.41 Å². The molecule has 0 fully saturated rings. The topological polar surface area (TPSA) is 72.9 Å². The van der Waals surface area contributed by atoms with Gasteiger partial charge < -0.3 is 11.1 Å². The molecule has 0 aliphatic heterocycles. The molecule has 1 aromatic rings. The number of carbonyl (C=O) groups is 1. The predicted octanol–water partition coefficient (Wildman–Crippen LogP) is 0.702. The summed E-state index contributed by atoms with van der Waals surface area (Å²) in [5.41, 5.74) is 4.84. The Labute approximate surface area is 106 Å². The molecule has 0 aliphatic rings. The molecule has 0 radical (unpaired) electrons. The summed E-state index contributed by atoms with van der Waals surface area (Å²) in [6, 6.07) is 1.84. The van der Waals surface area contributed by atoms with Gasteiger partial charge >= 0.3 is 0 Å². The Bertz CT molecular complexity index is 390. The lowest BCUT2D eigenvalue weighted by atomic mass is 9.86. The Hall–Kier alpha value is -1.43. The van der Waals surface area contributed by atoms with Gasteiger partial charge in [0.2, 0.25) is 5.91 Å². The maximum Gasteiger partial charge on any atom is 0.232 e. The van der Waals surface area contributed by atoms with E-state index in [1.165, 1.54) is 0 Å². The molecule has 0 saturated carbocycles. The van der Waals surface area contributed by atoms with E-state index in [0.717, 1.165) is 0 Å². The van der Waals surface area contributed by atoms with Crippen molar-refractivity contribution in [1.82, 2.24) is 15.1 Å². The van der Waals surface area contributed by atoms with Crippen molar-refractivity contribution in [2.75, 3.05) is 6.54 Å². The molecule has 1 amide bonds. The van der Waals surface area contributed by atoms with Gasteiger partial charge in [0.05, 0.1) is 16.9 Å². The highest BCUT2D eigenvalue weighted by atomic mass is 32.1. The van der Waals surface area contributed by atoms with Gasteiger partial charge in [0.15, 0.2) is 0 Å². The van der Waals surface area contributed by atoms with Crippen LogP contribution < -0.4 is 11.1 Å². The van der Waals surface area contributed by atoms with Crippen LogP contribution in [0.5, 0.6) is 0 Å². The average molecular weight is 254 g/mol. The molecule has 1 unspecified atom stereocenters. The number of amides is 1. The van der Waals surface area contributed by atoms with Crippen LogP contribution in [0.4, 0.5) is 0 Å². The minimum absolute atomic E-state index is 0.125. The lowest BCUT2D eigenvalue weighted by Crippen LogP contribution is -2.47. The van der Waals surface area contributed by atoms with Crippen molar-refractivity contribution in [2.45, 2.75) is 26.8 Å². The van der Waals surface area contributed by atoms with E-state index in [-0.39, 0.29) is 10.9 Å². The van der Waals surface area contributed by atoms with Gasteiger partial charge in [0.25, 0.3) is 0 Å². The Kier molecular flexibility index (Phi) is 4.62. The van der Waals surface area contributed by atoms with E-state index < -0.39 is 5.41 Å². The van der Waals surface area contributed by atoms with Gasteiger partial charge in [-0.05, 0) is 19.4 Å². The van der Waals surface area contributed by atoms with E-state index >= 15 is 0 Å². The Morgan fingerprint density at radius 2 is 2.35 bits per heavy atom. The fourth-order valence-electron chi connectivity index (χ4n) is 1.36. The number of nitrogens with zero attached hydrogens (tertiary/aromatic N) is 2. The van der Waals surface area contributed by atoms with Crippen molar-refractivity contribution in [2.24, 2.45) is 11.1 Å². The lowest BCUT2D eigenvalue weighted by Gasteiger charge is -2.25. The van der Waals surface area contributed by atoms with Crippen molar-refractivity contribution in [3.8, 4) is 0 Å². The third-order valence-electron chi connectivity index (χ3n) is 2.94. The highest BCUT2D eigenvalue weighted by Crippen LogP contribution is 2.21. The van der Waals surface area contributed by atoms with Crippen molar-refractivity contribution >= 4 is 23.1 Å². The van der Waals surface area contributed by atoms with E-state index in [0.29, 0.717) is 19.5 Å². The van der Waals surface area contributed by atoms with E-state index in [9.17, 15) is 4.79 Å². The molecule has 1 aromatic heterocycles. The number of aromatic nitrogens is 2. The number of nitrogens with two attached hydrogens (primary N) is 1. The van der Waals surface area contributed by atoms with Crippen molar-refractivity contribution in [1.29, 1.82) is 0 Å². The summed E-state index contributed by atoms with van der Waals surface area (Å²) in [6.45, 7) is 4.80. The molecule has 0 bridgehead atoms. The summed E-state index contributed by atoms with van der Waals surface area (Å²) in [5, 5.41) is 6.87. The van der Waals surface area contributed by atoms with E-state index in [1.807, 2.05) is 19.2 Å². The van der Waals surface area contributed by atoms with Crippen LogP contribution in [-0.4, -0.2) is 27.2 Å². The molecular weight excluding hydrogens is 236 g/mol. The monoisotopic (exact) mass is 254 g/mol. The van der Waals surface area contributed by atoms with E-state index in [1.54, 1.807) is 17.8 Å². The number of rotatable bonds is 6. The molecule has 5 nitrogen and oxygen atoms in total.